The lowest BCUT2D eigenvalue weighted by atomic mass is 10.1. The molecule has 0 saturated carbocycles. The summed E-state index contributed by atoms with van der Waals surface area (Å²) in [5.74, 6) is 1.55. The molecule has 0 spiro atoms. The fourth-order valence-corrected chi connectivity index (χ4v) is 1.69. The Labute approximate surface area is 98.2 Å². The number of benzene rings is 1. The van der Waals surface area contributed by atoms with Crippen molar-refractivity contribution < 1.29 is 4.74 Å². The summed E-state index contributed by atoms with van der Waals surface area (Å²) in [5.41, 5.74) is 1.07. The molecule has 1 aromatic rings. The Morgan fingerprint density at radius 2 is 2.00 bits per heavy atom. The van der Waals surface area contributed by atoms with Gasteiger partial charge in [0.05, 0.1) is 12.8 Å². The number of methoxy groups -OCH3 is 1. The molecule has 3 heteroatoms. The summed E-state index contributed by atoms with van der Waals surface area (Å²) in [6, 6.07) is 8.02. The minimum Gasteiger partial charge on any atom is -0.495 e. The highest BCUT2D eigenvalue weighted by Gasteiger charge is 2.06. The first-order valence-corrected chi connectivity index (χ1v) is 5.83. The van der Waals surface area contributed by atoms with Gasteiger partial charge in [0, 0.05) is 6.54 Å². The van der Waals surface area contributed by atoms with E-state index in [4.69, 9.17) is 4.74 Å². The average Bonchev–Trinajstić information content (AvgIpc) is 2.34. The number of para-hydroxylation sites is 2. The van der Waals surface area contributed by atoms with Crippen molar-refractivity contribution in [1.29, 1.82) is 0 Å². The Balaban J connectivity index is 2.52. The van der Waals surface area contributed by atoms with Crippen LogP contribution < -0.4 is 15.4 Å². The van der Waals surface area contributed by atoms with Gasteiger partial charge in [-0.1, -0.05) is 25.5 Å². The van der Waals surface area contributed by atoms with Crippen LogP contribution >= 0.6 is 0 Å². The standard InChI is InChI=1S/C13H22N2O/c1-4-11(9-14-2)10-15-12-7-5-6-8-13(12)16-3/h5-8,11,14-15H,4,9-10H2,1-3H3. The average molecular weight is 222 g/mol. The molecule has 3 nitrogen and oxygen atoms in total. The summed E-state index contributed by atoms with van der Waals surface area (Å²) in [6.07, 6.45) is 1.17. The van der Waals surface area contributed by atoms with Gasteiger partial charge in [0.2, 0.25) is 0 Å². The van der Waals surface area contributed by atoms with E-state index in [1.165, 1.54) is 6.42 Å². The second-order valence-corrected chi connectivity index (χ2v) is 3.91. The second kappa shape index (κ2) is 7.12. The van der Waals surface area contributed by atoms with Crippen LogP contribution in [0.15, 0.2) is 24.3 Å². The molecular weight excluding hydrogens is 200 g/mol. The fourth-order valence-electron chi connectivity index (χ4n) is 1.69. The number of rotatable bonds is 7. The minimum absolute atomic E-state index is 0.648. The molecule has 0 aliphatic rings. The first-order chi connectivity index (χ1) is 7.81. The molecule has 1 unspecified atom stereocenters. The zero-order valence-electron chi connectivity index (χ0n) is 10.4. The van der Waals surface area contributed by atoms with Crippen LogP contribution in [0.5, 0.6) is 5.75 Å². The van der Waals surface area contributed by atoms with Crippen LogP contribution in [-0.4, -0.2) is 27.2 Å². The quantitative estimate of drug-likeness (QED) is 0.743. The molecule has 1 atom stereocenters. The van der Waals surface area contributed by atoms with Crippen molar-refractivity contribution >= 4 is 5.69 Å². The maximum Gasteiger partial charge on any atom is 0.141 e. The maximum absolute atomic E-state index is 5.29. The van der Waals surface area contributed by atoms with E-state index in [0.29, 0.717) is 5.92 Å². The van der Waals surface area contributed by atoms with Crippen LogP contribution in [0.25, 0.3) is 0 Å². The first kappa shape index (κ1) is 12.8. The minimum atomic E-state index is 0.648. The topological polar surface area (TPSA) is 33.3 Å². The van der Waals surface area contributed by atoms with E-state index in [2.05, 4.69) is 17.6 Å². The van der Waals surface area contributed by atoms with Crippen molar-refractivity contribution in [3.8, 4) is 5.75 Å². The molecule has 0 radical (unpaired) electrons. The molecule has 0 bridgehead atoms. The summed E-state index contributed by atoms with van der Waals surface area (Å²) in [6.45, 7) is 4.22. The summed E-state index contributed by atoms with van der Waals surface area (Å²) in [4.78, 5) is 0. The molecule has 1 aromatic carbocycles. The van der Waals surface area contributed by atoms with Gasteiger partial charge in [-0.2, -0.15) is 0 Å². The van der Waals surface area contributed by atoms with E-state index in [-0.39, 0.29) is 0 Å². The van der Waals surface area contributed by atoms with Gasteiger partial charge in [-0.3, -0.25) is 0 Å². The molecule has 0 amide bonds. The Morgan fingerprint density at radius 3 is 2.62 bits per heavy atom. The third-order valence-corrected chi connectivity index (χ3v) is 2.76. The third-order valence-electron chi connectivity index (χ3n) is 2.76. The van der Waals surface area contributed by atoms with E-state index >= 15 is 0 Å². The van der Waals surface area contributed by atoms with Crippen molar-refractivity contribution in [2.24, 2.45) is 5.92 Å². The van der Waals surface area contributed by atoms with Gasteiger partial charge in [-0.05, 0) is 31.6 Å². The molecule has 16 heavy (non-hydrogen) atoms. The Kier molecular flexibility index (Phi) is 5.72. The monoisotopic (exact) mass is 222 g/mol. The van der Waals surface area contributed by atoms with Crippen LogP contribution in [-0.2, 0) is 0 Å². The predicted octanol–water partition coefficient (Wildman–Crippen LogP) is 2.35. The highest BCUT2D eigenvalue weighted by molar-refractivity contribution is 5.56. The summed E-state index contributed by atoms with van der Waals surface area (Å²) in [5, 5.41) is 6.65. The highest BCUT2D eigenvalue weighted by Crippen LogP contribution is 2.23. The van der Waals surface area contributed by atoms with Crippen molar-refractivity contribution in [2.45, 2.75) is 13.3 Å². The highest BCUT2D eigenvalue weighted by atomic mass is 16.5. The lowest BCUT2D eigenvalue weighted by Gasteiger charge is -2.17. The van der Waals surface area contributed by atoms with Crippen LogP contribution in [0, 0.1) is 5.92 Å². The molecule has 0 heterocycles. The van der Waals surface area contributed by atoms with Crippen molar-refractivity contribution in [2.75, 3.05) is 32.6 Å². The molecule has 2 N–H and O–H groups in total. The first-order valence-electron chi connectivity index (χ1n) is 5.83. The van der Waals surface area contributed by atoms with Crippen molar-refractivity contribution in [3.63, 3.8) is 0 Å². The molecule has 90 valence electrons. The number of hydrogen-bond acceptors (Lipinski definition) is 3. The van der Waals surface area contributed by atoms with Gasteiger partial charge in [-0.25, -0.2) is 0 Å². The molecule has 0 aliphatic carbocycles. The van der Waals surface area contributed by atoms with Gasteiger partial charge >= 0.3 is 0 Å². The van der Waals surface area contributed by atoms with E-state index in [1.54, 1.807) is 7.11 Å². The number of ether oxygens (including phenoxy) is 1. The molecule has 0 fully saturated rings. The Hall–Kier alpha value is -1.22. The zero-order chi connectivity index (χ0) is 11.8. The molecule has 0 aliphatic heterocycles. The number of anilines is 1. The van der Waals surface area contributed by atoms with E-state index in [9.17, 15) is 0 Å². The van der Waals surface area contributed by atoms with Gasteiger partial charge in [0.15, 0.2) is 0 Å². The molecule has 0 aromatic heterocycles. The normalized spacial score (nSPS) is 12.2. The van der Waals surface area contributed by atoms with Crippen LogP contribution in [0.2, 0.25) is 0 Å². The third kappa shape index (κ3) is 3.74. The van der Waals surface area contributed by atoms with Crippen LogP contribution in [0.1, 0.15) is 13.3 Å². The largest absolute Gasteiger partial charge is 0.495 e. The second-order valence-electron chi connectivity index (χ2n) is 3.91. The van der Waals surface area contributed by atoms with Crippen LogP contribution in [0.4, 0.5) is 5.69 Å². The SMILES string of the molecule is CCC(CNC)CNc1ccccc1OC. The summed E-state index contributed by atoms with van der Waals surface area (Å²) >= 11 is 0. The Morgan fingerprint density at radius 1 is 1.25 bits per heavy atom. The number of hydrogen-bond donors (Lipinski definition) is 2. The smallest absolute Gasteiger partial charge is 0.141 e. The van der Waals surface area contributed by atoms with E-state index in [1.807, 2.05) is 31.3 Å². The van der Waals surface area contributed by atoms with Gasteiger partial charge in [0.25, 0.3) is 0 Å². The summed E-state index contributed by atoms with van der Waals surface area (Å²) < 4.78 is 5.29. The maximum atomic E-state index is 5.29. The molecule has 0 saturated heterocycles. The van der Waals surface area contributed by atoms with Gasteiger partial charge in [-0.15, -0.1) is 0 Å². The lowest BCUT2D eigenvalue weighted by Crippen LogP contribution is -2.24. The van der Waals surface area contributed by atoms with Crippen molar-refractivity contribution in [3.05, 3.63) is 24.3 Å². The Bertz CT molecular complexity index is 302. The predicted molar refractivity (Wildman–Crippen MR) is 69.2 cm³/mol. The van der Waals surface area contributed by atoms with E-state index < -0.39 is 0 Å². The van der Waals surface area contributed by atoms with Gasteiger partial charge < -0.3 is 15.4 Å². The summed E-state index contributed by atoms with van der Waals surface area (Å²) in [7, 11) is 3.69. The van der Waals surface area contributed by atoms with Gasteiger partial charge in [0.1, 0.15) is 5.75 Å². The molecular formula is C13H22N2O. The van der Waals surface area contributed by atoms with E-state index in [0.717, 1.165) is 24.5 Å². The lowest BCUT2D eigenvalue weighted by molar-refractivity contribution is 0.415. The van der Waals surface area contributed by atoms with Crippen LogP contribution in [0.3, 0.4) is 0 Å². The fraction of sp³-hybridized carbons (Fsp3) is 0.538. The zero-order valence-corrected chi connectivity index (χ0v) is 10.4. The molecule has 1 rings (SSSR count). The number of nitrogens with one attached hydrogen (secondary N) is 2. The van der Waals surface area contributed by atoms with Crippen molar-refractivity contribution in [1.82, 2.24) is 5.32 Å².